The van der Waals surface area contributed by atoms with Crippen LogP contribution in [0, 0.1) is 5.92 Å². The van der Waals surface area contributed by atoms with Gasteiger partial charge in [0.2, 0.25) is 0 Å². The lowest BCUT2D eigenvalue weighted by Gasteiger charge is -2.23. The highest BCUT2D eigenvalue weighted by molar-refractivity contribution is 8.00. The Labute approximate surface area is 118 Å². The lowest BCUT2D eigenvalue weighted by Crippen LogP contribution is -2.28. The molecule has 3 heteroatoms. The molecule has 18 heavy (non-hydrogen) atoms. The van der Waals surface area contributed by atoms with Crippen LogP contribution in [0.15, 0.2) is 0 Å². The molecule has 0 spiro atoms. The van der Waals surface area contributed by atoms with E-state index >= 15 is 0 Å². The van der Waals surface area contributed by atoms with Crippen LogP contribution in [0.3, 0.4) is 0 Å². The predicted molar refractivity (Wildman–Crippen MR) is 84.3 cm³/mol. The van der Waals surface area contributed by atoms with Crippen LogP contribution < -0.4 is 5.73 Å². The molecular formula is C15H32N2S. The minimum Gasteiger partial charge on any atom is -0.330 e. The maximum absolute atomic E-state index is 5.66. The van der Waals surface area contributed by atoms with Gasteiger partial charge in [0.15, 0.2) is 0 Å². The SMILES string of the molecule is CCC(CCN)CCCN1CCSC(C)(C)CC1. The van der Waals surface area contributed by atoms with Crippen LogP contribution in [-0.4, -0.2) is 41.6 Å². The average molecular weight is 273 g/mol. The lowest BCUT2D eigenvalue weighted by molar-refractivity contribution is 0.267. The molecule has 1 aliphatic heterocycles. The molecule has 0 amide bonds. The van der Waals surface area contributed by atoms with Crippen molar-refractivity contribution >= 4 is 11.8 Å². The van der Waals surface area contributed by atoms with E-state index in [9.17, 15) is 0 Å². The maximum Gasteiger partial charge on any atom is 0.0116 e. The topological polar surface area (TPSA) is 29.3 Å². The zero-order chi connectivity index (χ0) is 13.4. The fourth-order valence-corrected chi connectivity index (χ4v) is 3.82. The first-order valence-corrected chi connectivity index (χ1v) is 8.62. The molecule has 1 saturated heterocycles. The minimum absolute atomic E-state index is 0.486. The summed E-state index contributed by atoms with van der Waals surface area (Å²) in [5.41, 5.74) is 5.66. The fraction of sp³-hybridized carbons (Fsp3) is 1.00. The van der Waals surface area contributed by atoms with Crippen molar-refractivity contribution in [3.8, 4) is 0 Å². The Morgan fingerprint density at radius 2 is 2.06 bits per heavy atom. The molecule has 0 bridgehead atoms. The highest BCUT2D eigenvalue weighted by atomic mass is 32.2. The van der Waals surface area contributed by atoms with Gasteiger partial charge in [-0.1, -0.05) is 27.2 Å². The second kappa shape index (κ2) is 8.44. The third-order valence-electron chi connectivity index (χ3n) is 4.17. The summed E-state index contributed by atoms with van der Waals surface area (Å²) >= 11 is 2.14. The van der Waals surface area contributed by atoms with Crippen molar-refractivity contribution < 1.29 is 0 Å². The van der Waals surface area contributed by atoms with E-state index in [-0.39, 0.29) is 0 Å². The second-order valence-corrected chi connectivity index (χ2v) is 8.00. The Kier molecular flexibility index (Phi) is 7.66. The highest BCUT2D eigenvalue weighted by Gasteiger charge is 2.23. The summed E-state index contributed by atoms with van der Waals surface area (Å²) in [7, 11) is 0. The molecule has 2 N–H and O–H groups in total. The monoisotopic (exact) mass is 272 g/mol. The van der Waals surface area contributed by atoms with Crippen LogP contribution in [0.1, 0.15) is 52.9 Å². The number of nitrogens with two attached hydrogens (primary N) is 1. The van der Waals surface area contributed by atoms with Gasteiger partial charge in [-0.15, -0.1) is 0 Å². The van der Waals surface area contributed by atoms with Gasteiger partial charge >= 0.3 is 0 Å². The summed E-state index contributed by atoms with van der Waals surface area (Å²) in [4.78, 5) is 2.66. The van der Waals surface area contributed by atoms with Crippen LogP contribution in [0.2, 0.25) is 0 Å². The number of nitrogens with zero attached hydrogens (tertiary/aromatic N) is 1. The van der Waals surface area contributed by atoms with Crippen LogP contribution in [0.25, 0.3) is 0 Å². The molecule has 0 saturated carbocycles. The molecule has 0 aliphatic carbocycles. The van der Waals surface area contributed by atoms with E-state index in [1.165, 1.54) is 57.5 Å². The van der Waals surface area contributed by atoms with Gasteiger partial charge < -0.3 is 10.6 Å². The van der Waals surface area contributed by atoms with Crippen molar-refractivity contribution in [1.29, 1.82) is 0 Å². The van der Waals surface area contributed by atoms with Crippen molar-refractivity contribution in [2.75, 3.05) is 31.9 Å². The van der Waals surface area contributed by atoms with Gasteiger partial charge in [0.25, 0.3) is 0 Å². The molecule has 1 heterocycles. The summed E-state index contributed by atoms with van der Waals surface area (Å²) in [6.45, 7) is 11.8. The zero-order valence-electron chi connectivity index (χ0n) is 12.6. The first-order valence-electron chi connectivity index (χ1n) is 7.64. The van der Waals surface area contributed by atoms with E-state index in [1.54, 1.807) is 0 Å². The predicted octanol–water partition coefficient (Wildman–Crippen LogP) is 3.36. The third-order valence-corrected chi connectivity index (χ3v) is 5.54. The smallest absolute Gasteiger partial charge is 0.0116 e. The molecule has 0 aromatic rings. The standard InChI is InChI=1S/C15H32N2S/c1-4-14(7-9-16)6-5-10-17-11-8-15(2,3)18-13-12-17/h14H,4-13,16H2,1-3H3. The molecule has 1 rings (SSSR count). The van der Waals surface area contributed by atoms with Crippen molar-refractivity contribution in [3.05, 3.63) is 0 Å². The Morgan fingerprint density at radius 1 is 1.28 bits per heavy atom. The summed E-state index contributed by atoms with van der Waals surface area (Å²) in [5, 5.41) is 0. The van der Waals surface area contributed by atoms with Gasteiger partial charge in [-0.3, -0.25) is 0 Å². The van der Waals surface area contributed by atoms with Gasteiger partial charge in [0, 0.05) is 17.0 Å². The summed E-state index contributed by atoms with van der Waals surface area (Å²) in [5.74, 6) is 2.15. The molecule has 0 radical (unpaired) electrons. The van der Waals surface area contributed by atoms with Crippen LogP contribution in [0.4, 0.5) is 0 Å². The van der Waals surface area contributed by atoms with Gasteiger partial charge in [0.1, 0.15) is 0 Å². The normalized spacial score (nSPS) is 22.7. The minimum atomic E-state index is 0.486. The first kappa shape index (κ1) is 16.3. The van der Waals surface area contributed by atoms with Gasteiger partial charge in [0.05, 0.1) is 0 Å². The van der Waals surface area contributed by atoms with Crippen molar-refractivity contribution in [3.63, 3.8) is 0 Å². The lowest BCUT2D eigenvalue weighted by atomic mass is 9.96. The quantitative estimate of drug-likeness (QED) is 0.770. The molecule has 1 unspecified atom stereocenters. The molecule has 1 atom stereocenters. The Balaban J connectivity index is 2.19. The number of hydrogen-bond acceptors (Lipinski definition) is 3. The van der Waals surface area contributed by atoms with Crippen LogP contribution in [0.5, 0.6) is 0 Å². The summed E-state index contributed by atoms with van der Waals surface area (Å²) in [6, 6.07) is 0. The zero-order valence-corrected chi connectivity index (χ0v) is 13.4. The third kappa shape index (κ3) is 6.44. The van der Waals surface area contributed by atoms with Crippen LogP contribution >= 0.6 is 11.8 Å². The summed E-state index contributed by atoms with van der Waals surface area (Å²) in [6.07, 6.45) is 6.54. The largest absolute Gasteiger partial charge is 0.330 e. The Bertz CT molecular complexity index is 219. The van der Waals surface area contributed by atoms with Crippen LogP contribution in [-0.2, 0) is 0 Å². The van der Waals surface area contributed by atoms with E-state index in [2.05, 4.69) is 37.4 Å². The van der Waals surface area contributed by atoms with Crippen molar-refractivity contribution in [2.24, 2.45) is 11.7 Å². The number of rotatable bonds is 7. The average Bonchev–Trinajstić information content (AvgIpc) is 2.50. The summed E-state index contributed by atoms with van der Waals surface area (Å²) < 4.78 is 0.486. The van der Waals surface area contributed by atoms with Crippen molar-refractivity contribution in [1.82, 2.24) is 4.90 Å². The number of thioether (sulfide) groups is 1. The Hall–Kier alpha value is 0.270. The maximum atomic E-state index is 5.66. The molecule has 108 valence electrons. The fourth-order valence-electron chi connectivity index (χ4n) is 2.68. The van der Waals surface area contributed by atoms with E-state index < -0.39 is 0 Å². The molecule has 2 nitrogen and oxygen atoms in total. The van der Waals surface area contributed by atoms with Crippen molar-refractivity contribution in [2.45, 2.75) is 57.6 Å². The highest BCUT2D eigenvalue weighted by Crippen LogP contribution is 2.30. The molecule has 0 aromatic carbocycles. The molecule has 0 aromatic heterocycles. The van der Waals surface area contributed by atoms with E-state index in [0.29, 0.717) is 4.75 Å². The molecular weight excluding hydrogens is 240 g/mol. The van der Waals surface area contributed by atoms with Gasteiger partial charge in [-0.2, -0.15) is 11.8 Å². The first-order chi connectivity index (χ1) is 8.57. The van der Waals surface area contributed by atoms with Gasteiger partial charge in [-0.25, -0.2) is 0 Å². The second-order valence-electron chi connectivity index (χ2n) is 6.19. The molecule has 1 aliphatic rings. The molecule has 1 fully saturated rings. The van der Waals surface area contributed by atoms with E-state index in [1.807, 2.05) is 0 Å². The van der Waals surface area contributed by atoms with Gasteiger partial charge in [-0.05, 0) is 51.2 Å². The van der Waals surface area contributed by atoms with E-state index in [0.717, 1.165) is 12.5 Å². The Morgan fingerprint density at radius 3 is 2.72 bits per heavy atom. The van der Waals surface area contributed by atoms with E-state index in [4.69, 9.17) is 5.73 Å². The number of hydrogen-bond donors (Lipinski definition) is 1.